The number of sulfonamides is 1. The summed E-state index contributed by atoms with van der Waals surface area (Å²) in [5.74, 6) is -0.0795. The molecule has 0 radical (unpaired) electrons. The summed E-state index contributed by atoms with van der Waals surface area (Å²) in [5, 5.41) is 4.76. The van der Waals surface area contributed by atoms with Gasteiger partial charge >= 0.3 is 0 Å². The third-order valence-corrected chi connectivity index (χ3v) is 7.39. The third-order valence-electron chi connectivity index (χ3n) is 6.05. The van der Waals surface area contributed by atoms with Crippen molar-refractivity contribution in [3.05, 3.63) is 71.9 Å². The fourth-order valence-corrected chi connectivity index (χ4v) is 4.88. The Morgan fingerprint density at radius 1 is 1.06 bits per heavy atom. The van der Waals surface area contributed by atoms with E-state index in [9.17, 15) is 13.2 Å². The van der Waals surface area contributed by atoms with Gasteiger partial charge < -0.3 is 4.90 Å². The number of aryl methyl sites for hydroxylation is 1. The van der Waals surface area contributed by atoms with Crippen LogP contribution in [-0.4, -0.2) is 65.7 Å². The van der Waals surface area contributed by atoms with Crippen LogP contribution in [0, 0.1) is 6.92 Å². The van der Waals surface area contributed by atoms with Crippen molar-refractivity contribution in [2.45, 2.75) is 25.8 Å². The maximum absolute atomic E-state index is 13.5. The zero-order valence-corrected chi connectivity index (χ0v) is 19.4. The molecule has 1 fully saturated rings. The van der Waals surface area contributed by atoms with E-state index in [4.69, 9.17) is 5.10 Å². The second kappa shape index (κ2) is 8.88. The van der Waals surface area contributed by atoms with Crippen molar-refractivity contribution in [3.8, 4) is 16.9 Å². The van der Waals surface area contributed by atoms with Crippen LogP contribution in [0.5, 0.6) is 0 Å². The summed E-state index contributed by atoms with van der Waals surface area (Å²) in [4.78, 5) is 15.3. The standard InChI is InChI=1S/C24H28N4O3S/c1-18-8-7-9-19(16-18)23-22(17-28(25-23)21-10-5-4-6-11-21)24(29)27-14-12-20(13-15-27)26(2)32(3,30)31/h4-11,16-17,20H,12-15H2,1-3H3. The van der Waals surface area contributed by atoms with Crippen LogP contribution in [0.4, 0.5) is 0 Å². The second-order valence-corrected chi connectivity index (χ2v) is 10.4. The molecule has 3 aromatic rings. The summed E-state index contributed by atoms with van der Waals surface area (Å²) < 4.78 is 26.9. The third kappa shape index (κ3) is 4.61. The van der Waals surface area contributed by atoms with Crippen molar-refractivity contribution in [2.75, 3.05) is 26.4 Å². The molecule has 2 heterocycles. The quantitative estimate of drug-likeness (QED) is 0.595. The fourth-order valence-electron chi connectivity index (χ4n) is 4.12. The molecule has 7 nitrogen and oxygen atoms in total. The van der Waals surface area contributed by atoms with Crippen LogP contribution in [-0.2, 0) is 10.0 Å². The first-order valence-electron chi connectivity index (χ1n) is 10.7. The number of rotatable bonds is 5. The Bertz CT molecular complexity index is 1210. The minimum atomic E-state index is -3.25. The predicted octanol–water partition coefficient (Wildman–Crippen LogP) is 3.34. The van der Waals surface area contributed by atoms with E-state index in [0.29, 0.717) is 37.2 Å². The molecule has 0 bridgehead atoms. The number of hydrogen-bond acceptors (Lipinski definition) is 4. The molecule has 1 aliphatic heterocycles. The van der Waals surface area contributed by atoms with Crippen molar-refractivity contribution in [3.63, 3.8) is 0 Å². The van der Waals surface area contributed by atoms with Gasteiger partial charge in [-0.05, 0) is 38.0 Å². The molecule has 0 spiro atoms. The molecule has 4 rings (SSSR count). The monoisotopic (exact) mass is 452 g/mol. The molecule has 1 saturated heterocycles. The normalized spacial score (nSPS) is 15.3. The Morgan fingerprint density at radius 2 is 1.75 bits per heavy atom. The van der Waals surface area contributed by atoms with E-state index in [-0.39, 0.29) is 11.9 Å². The molecule has 0 unspecified atom stereocenters. The summed E-state index contributed by atoms with van der Waals surface area (Å²) in [6.07, 6.45) is 4.24. The van der Waals surface area contributed by atoms with Gasteiger partial charge in [0.05, 0.1) is 17.5 Å². The summed E-state index contributed by atoms with van der Waals surface area (Å²) in [5.41, 5.74) is 4.08. The van der Waals surface area contributed by atoms with E-state index in [1.54, 1.807) is 22.8 Å². The van der Waals surface area contributed by atoms with Gasteiger partial charge in [0.25, 0.3) is 5.91 Å². The van der Waals surface area contributed by atoms with Crippen LogP contribution in [0.15, 0.2) is 60.8 Å². The Hall–Kier alpha value is -2.97. The number of aromatic nitrogens is 2. The molecular weight excluding hydrogens is 424 g/mol. The van der Waals surface area contributed by atoms with Gasteiger partial charge in [0.15, 0.2) is 0 Å². The van der Waals surface area contributed by atoms with E-state index in [0.717, 1.165) is 16.8 Å². The fraction of sp³-hybridized carbons (Fsp3) is 0.333. The number of para-hydroxylation sites is 1. The highest BCUT2D eigenvalue weighted by Gasteiger charge is 2.31. The average Bonchev–Trinajstić information content (AvgIpc) is 3.24. The van der Waals surface area contributed by atoms with E-state index >= 15 is 0 Å². The maximum Gasteiger partial charge on any atom is 0.257 e. The predicted molar refractivity (Wildman–Crippen MR) is 125 cm³/mol. The molecule has 0 N–H and O–H groups in total. The number of piperidine rings is 1. The van der Waals surface area contributed by atoms with E-state index in [1.807, 2.05) is 61.5 Å². The van der Waals surface area contributed by atoms with Crippen molar-refractivity contribution in [1.29, 1.82) is 0 Å². The average molecular weight is 453 g/mol. The smallest absolute Gasteiger partial charge is 0.257 e. The first-order chi connectivity index (χ1) is 15.2. The molecular formula is C24H28N4O3S. The van der Waals surface area contributed by atoms with Crippen LogP contribution in [0.25, 0.3) is 16.9 Å². The van der Waals surface area contributed by atoms with Gasteiger partial charge in [0.1, 0.15) is 5.69 Å². The first-order valence-corrected chi connectivity index (χ1v) is 12.5. The van der Waals surface area contributed by atoms with Gasteiger partial charge in [-0.2, -0.15) is 5.10 Å². The van der Waals surface area contributed by atoms with E-state index in [1.165, 1.54) is 10.6 Å². The van der Waals surface area contributed by atoms with E-state index in [2.05, 4.69) is 0 Å². The Balaban J connectivity index is 1.64. The van der Waals surface area contributed by atoms with Crippen molar-refractivity contribution < 1.29 is 13.2 Å². The van der Waals surface area contributed by atoms with E-state index < -0.39 is 10.0 Å². The van der Waals surface area contributed by atoms with Crippen LogP contribution in [0.3, 0.4) is 0 Å². The molecule has 0 saturated carbocycles. The maximum atomic E-state index is 13.5. The number of likely N-dealkylation sites (tertiary alicyclic amines) is 1. The molecule has 8 heteroatoms. The summed E-state index contributed by atoms with van der Waals surface area (Å²) in [6, 6.07) is 17.6. The zero-order chi connectivity index (χ0) is 22.9. The van der Waals surface area contributed by atoms with Gasteiger partial charge in [-0.25, -0.2) is 17.4 Å². The topological polar surface area (TPSA) is 75.5 Å². The highest BCUT2D eigenvalue weighted by molar-refractivity contribution is 7.88. The molecule has 168 valence electrons. The van der Waals surface area contributed by atoms with Gasteiger partial charge in [0.2, 0.25) is 10.0 Å². The van der Waals surface area contributed by atoms with Crippen LogP contribution in [0.1, 0.15) is 28.8 Å². The number of carbonyl (C=O) groups excluding carboxylic acids is 1. The Kier molecular flexibility index (Phi) is 6.17. The number of carbonyl (C=O) groups is 1. The molecule has 1 aliphatic rings. The van der Waals surface area contributed by atoms with Crippen LogP contribution >= 0.6 is 0 Å². The number of nitrogens with zero attached hydrogens (tertiary/aromatic N) is 4. The second-order valence-electron chi connectivity index (χ2n) is 8.34. The van der Waals surface area contributed by atoms with Gasteiger partial charge in [-0.1, -0.05) is 42.0 Å². The van der Waals surface area contributed by atoms with Gasteiger partial charge in [0, 0.05) is 37.9 Å². The molecule has 1 amide bonds. The zero-order valence-electron chi connectivity index (χ0n) is 18.6. The van der Waals surface area contributed by atoms with Crippen molar-refractivity contribution in [2.24, 2.45) is 0 Å². The lowest BCUT2D eigenvalue weighted by atomic mass is 10.0. The molecule has 1 aromatic heterocycles. The SMILES string of the molecule is Cc1cccc(-c2nn(-c3ccccc3)cc2C(=O)N2CCC(N(C)S(C)(=O)=O)CC2)c1. The summed E-state index contributed by atoms with van der Waals surface area (Å²) in [7, 11) is -1.64. The minimum absolute atomic E-state index is 0.0795. The van der Waals surface area contributed by atoms with Gasteiger partial charge in [-0.3, -0.25) is 4.79 Å². The lowest BCUT2D eigenvalue weighted by Gasteiger charge is -2.35. The van der Waals surface area contributed by atoms with Gasteiger partial charge in [-0.15, -0.1) is 0 Å². The summed E-state index contributed by atoms with van der Waals surface area (Å²) in [6.45, 7) is 3.03. The van der Waals surface area contributed by atoms with Crippen LogP contribution in [0.2, 0.25) is 0 Å². The number of hydrogen-bond donors (Lipinski definition) is 0. The van der Waals surface area contributed by atoms with Crippen molar-refractivity contribution in [1.82, 2.24) is 19.0 Å². The van der Waals surface area contributed by atoms with Crippen molar-refractivity contribution >= 4 is 15.9 Å². The Labute approximate surface area is 189 Å². The largest absolute Gasteiger partial charge is 0.338 e. The lowest BCUT2D eigenvalue weighted by Crippen LogP contribution is -2.47. The lowest BCUT2D eigenvalue weighted by molar-refractivity contribution is 0.0687. The minimum Gasteiger partial charge on any atom is -0.338 e. The molecule has 32 heavy (non-hydrogen) atoms. The highest BCUT2D eigenvalue weighted by atomic mass is 32.2. The number of benzene rings is 2. The first kappa shape index (κ1) is 22.2. The van der Waals surface area contributed by atoms with Crippen LogP contribution < -0.4 is 0 Å². The highest BCUT2D eigenvalue weighted by Crippen LogP contribution is 2.27. The molecule has 2 aromatic carbocycles. The number of amides is 1. The summed E-state index contributed by atoms with van der Waals surface area (Å²) >= 11 is 0. The Morgan fingerprint density at radius 3 is 2.38 bits per heavy atom. The molecule has 0 atom stereocenters. The molecule has 0 aliphatic carbocycles.